The van der Waals surface area contributed by atoms with Crippen molar-refractivity contribution in [2.45, 2.75) is 46.5 Å². The molecule has 1 aliphatic carbocycles. The first-order chi connectivity index (χ1) is 10.8. The van der Waals surface area contributed by atoms with Crippen molar-refractivity contribution < 1.29 is 9.72 Å². The minimum absolute atomic E-state index is 0.0355. The highest BCUT2D eigenvalue weighted by atomic mass is 16.6. The highest BCUT2D eigenvalue weighted by Crippen LogP contribution is 2.41. The van der Waals surface area contributed by atoms with Gasteiger partial charge in [0.05, 0.1) is 4.92 Å². The topological polar surface area (TPSA) is 72.2 Å². The fraction of sp³-hybridized carbons (Fsp3) is 0.500. The summed E-state index contributed by atoms with van der Waals surface area (Å²) in [6.45, 7) is 6.68. The number of ketones is 1. The Hall–Kier alpha value is -2.17. The van der Waals surface area contributed by atoms with Gasteiger partial charge >= 0.3 is 0 Å². The minimum Gasteiger partial charge on any atom is -0.361 e. The van der Waals surface area contributed by atoms with Crippen molar-refractivity contribution in [2.75, 3.05) is 5.32 Å². The van der Waals surface area contributed by atoms with Crippen molar-refractivity contribution in [1.29, 1.82) is 0 Å². The molecule has 0 amide bonds. The van der Waals surface area contributed by atoms with Crippen LogP contribution in [-0.4, -0.2) is 10.7 Å². The number of non-ortho nitro benzene ring substituents is 1. The number of rotatable bonds is 5. The SMILES string of the molecule is CCC(C)(C)[C@H]1CCC(=O)/C(=C/Nc2cccc([N+](=O)[O-])c2)C1. The van der Waals surface area contributed by atoms with Gasteiger partial charge in [0.1, 0.15) is 0 Å². The minimum atomic E-state index is -0.427. The number of anilines is 1. The number of nitrogens with one attached hydrogen (secondary N) is 1. The first-order valence-corrected chi connectivity index (χ1v) is 8.06. The summed E-state index contributed by atoms with van der Waals surface area (Å²) < 4.78 is 0. The zero-order valence-corrected chi connectivity index (χ0v) is 14.0. The van der Waals surface area contributed by atoms with Crippen molar-refractivity contribution in [2.24, 2.45) is 11.3 Å². The van der Waals surface area contributed by atoms with E-state index in [2.05, 4.69) is 26.1 Å². The largest absolute Gasteiger partial charge is 0.361 e. The van der Waals surface area contributed by atoms with E-state index in [1.807, 2.05) is 0 Å². The average Bonchev–Trinajstić information content (AvgIpc) is 2.54. The predicted octanol–water partition coefficient (Wildman–Crippen LogP) is 4.70. The van der Waals surface area contributed by atoms with Crippen molar-refractivity contribution in [3.8, 4) is 0 Å². The third-order valence-corrected chi connectivity index (χ3v) is 5.03. The number of carbonyl (C=O) groups excluding carboxylic acids is 1. The van der Waals surface area contributed by atoms with E-state index in [1.165, 1.54) is 12.1 Å². The van der Waals surface area contributed by atoms with Gasteiger partial charge in [-0.05, 0) is 30.2 Å². The number of benzene rings is 1. The molecular formula is C18H24N2O3. The molecule has 1 N–H and O–H groups in total. The van der Waals surface area contributed by atoms with Crippen LogP contribution in [0.1, 0.15) is 46.5 Å². The van der Waals surface area contributed by atoms with Gasteiger partial charge in [-0.2, -0.15) is 0 Å². The van der Waals surface area contributed by atoms with Crippen molar-refractivity contribution >= 4 is 17.2 Å². The lowest BCUT2D eigenvalue weighted by molar-refractivity contribution is -0.384. The lowest BCUT2D eigenvalue weighted by Crippen LogP contribution is -2.29. The Morgan fingerprint density at radius 2 is 2.17 bits per heavy atom. The average molecular weight is 316 g/mol. The lowest BCUT2D eigenvalue weighted by Gasteiger charge is -2.36. The summed E-state index contributed by atoms with van der Waals surface area (Å²) in [5.74, 6) is 0.662. The van der Waals surface area contributed by atoms with Crippen LogP contribution in [0.3, 0.4) is 0 Å². The van der Waals surface area contributed by atoms with Crippen LogP contribution in [0.2, 0.25) is 0 Å². The van der Waals surface area contributed by atoms with E-state index < -0.39 is 4.92 Å². The van der Waals surface area contributed by atoms with Gasteiger partial charge in [-0.3, -0.25) is 14.9 Å². The van der Waals surface area contributed by atoms with Gasteiger partial charge in [0.25, 0.3) is 5.69 Å². The van der Waals surface area contributed by atoms with Crippen molar-refractivity contribution in [1.82, 2.24) is 0 Å². The molecule has 0 heterocycles. The van der Waals surface area contributed by atoms with Crippen LogP contribution in [-0.2, 0) is 4.79 Å². The molecule has 1 atom stereocenters. The van der Waals surface area contributed by atoms with E-state index in [-0.39, 0.29) is 16.9 Å². The van der Waals surface area contributed by atoms with Crippen LogP contribution in [0.4, 0.5) is 11.4 Å². The zero-order chi connectivity index (χ0) is 17.0. The Kier molecular flexibility index (Phi) is 5.19. The maximum atomic E-state index is 12.1. The molecule has 0 bridgehead atoms. The number of hydrogen-bond donors (Lipinski definition) is 1. The second-order valence-corrected chi connectivity index (χ2v) is 6.83. The van der Waals surface area contributed by atoms with Crippen LogP contribution in [0.15, 0.2) is 36.0 Å². The zero-order valence-electron chi connectivity index (χ0n) is 14.0. The molecule has 0 saturated heterocycles. The maximum absolute atomic E-state index is 12.1. The van der Waals surface area contributed by atoms with Gasteiger partial charge in [-0.25, -0.2) is 0 Å². The molecule has 1 aromatic carbocycles. The van der Waals surface area contributed by atoms with Gasteiger partial charge < -0.3 is 5.32 Å². The Bertz CT molecular complexity index is 635. The quantitative estimate of drug-likeness (QED) is 0.485. The molecule has 0 aliphatic heterocycles. The highest BCUT2D eigenvalue weighted by Gasteiger charge is 2.33. The highest BCUT2D eigenvalue weighted by molar-refractivity contribution is 5.96. The molecule has 0 aromatic heterocycles. The van der Waals surface area contributed by atoms with Crippen LogP contribution >= 0.6 is 0 Å². The number of carbonyl (C=O) groups is 1. The first kappa shape index (κ1) is 17.2. The molecule has 2 rings (SSSR count). The second kappa shape index (κ2) is 6.94. The number of nitro benzene ring substituents is 1. The lowest BCUT2D eigenvalue weighted by atomic mass is 9.68. The fourth-order valence-corrected chi connectivity index (χ4v) is 2.92. The Balaban J connectivity index is 2.13. The van der Waals surface area contributed by atoms with Crippen molar-refractivity contribution in [3.63, 3.8) is 0 Å². The van der Waals surface area contributed by atoms with Crippen LogP contribution in [0.25, 0.3) is 0 Å². The van der Waals surface area contributed by atoms with E-state index in [1.54, 1.807) is 18.3 Å². The Morgan fingerprint density at radius 1 is 1.43 bits per heavy atom. The molecular weight excluding hydrogens is 292 g/mol. The van der Waals surface area contributed by atoms with Crippen LogP contribution in [0.5, 0.6) is 0 Å². The Morgan fingerprint density at radius 3 is 2.83 bits per heavy atom. The number of nitro groups is 1. The normalized spacial score (nSPS) is 20.6. The number of nitrogens with zero attached hydrogens (tertiary/aromatic N) is 1. The monoisotopic (exact) mass is 316 g/mol. The van der Waals surface area contributed by atoms with E-state index >= 15 is 0 Å². The van der Waals surface area contributed by atoms with Gasteiger partial charge in [-0.1, -0.05) is 33.3 Å². The van der Waals surface area contributed by atoms with E-state index in [9.17, 15) is 14.9 Å². The molecule has 1 fully saturated rings. The Labute approximate surface area is 136 Å². The molecule has 5 heteroatoms. The van der Waals surface area contributed by atoms with E-state index in [4.69, 9.17) is 0 Å². The van der Waals surface area contributed by atoms with Gasteiger partial charge in [-0.15, -0.1) is 0 Å². The maximum Gasteiger partial charge on any atom is 0.271 e. The molecule has 124 valence electrons. The molecule has 0 unspecified atom stereocenters. The van der Waals surface area contributed by atoms with Gasteiger partial charge in [0.2, 0.25) is 0 Å². The third kappa shape index (κ3) is 4.18. The molecule has 1 saturated carbocycles. The summed E-state index contributed by atoms with van der Waals surface area (Å²) in [6.07, 6.45) is 5.09. The number of allylic oxidation sites excluding steroid dienone is 1. The summed E-state index contributed by atoms with van der Waals surface area (Å²) in [5.41, 5.74) is 1.66. The first-order valence-electron chi connectivity index (χ1n) is 8.06. The molecule has 5 nitrogen and oxygen atoms in total. The summed E-state index contributed by atoms with van der Waals surface area (Å²) in [7, 11) is 0. The summed E-state index contributed by atoms with van der Waals surface area (Å²) in [4.78, 5) is 22.5. The third-order valence-electron chi connectivity index (χ3n) is 5.03. The van der Waals surface area contributed by atoms with Crippen molar-refractivity contribution in [3.05, 3.63) is 46.2 Å². The standard InChI is InChI=1S/C18H24N2O3/c1-4-18(2,3)14-8-9-17(21)13(10-14)12-19-15-6-5-7-16(11-15)20(22)23/h5-7,11-12,14,19H,4,8-10H2,1-3H3/b13-12+/t14-/m0/s1. The molecule has 0 radical (unpaired) electrons. The van der Waals surface area contributed by atoms with Gasteiger partial charge in [0, 0.05) is 36.0 Å². The summed E-state index contributed by atoms with van der Waals surface area (Å²) in [6, 6.07) is 6.30. The predicted molar refractivity (Wildman–Crippen MR) is 91.2 cm³/mol. The number of hydrogen-bond acceptors (Lipinski definition) is 4. The van der Waals surface area contributed by atoms with Gasteiger partial charge in [0.15, 0.2) is 5.78 Å². The number of Topliss-reactive ketones (excluding diaryl/α,β-unsaturated/α-hetero) is 1. The van der Waals surface area contributed by atoms with Crippen LogP contribution in [0, 0.1) is 21.4 Å². The summed E-state index contributed by atoms with van der Waals surface area (Å²) >= 11 is 0. The summed E-state index contributed by atoms with van der Waals surface area (Å²) in [5, 5.41) is 13.8. The van der Waals surface area contributed by atoms with E-state index in [0.29, 0.717) is 18.0 Å². The van der Waals surface area contributed by atoms with Crippen LogP contribution < -0.4 is 5.32 Å². The van der Waals surface area contributed by atoms with E-state index in [0.717, 1.165) is 24.8 Å². The smallest absolute Gasteiger partial charge is 0.271 e. The fourth-order valence-electron chi connectivity index (χ4n) is 2.92. The molecule has 1 aromatic rings. The second-order valence-electron chi connectivity index (χ2n) is 6.83. The molecule has 23 heavy (non-hydrogen) atoms. The molecule has 0 spiro atoms. The molecule has 1 aliphatic rings.